The Morgan fingerprint density at radius 2 is 2.18 bits per heavy atom. The van der Waals surface area contributed by atoms with Gasteiger partial charge < -0.3 is 10.1 Å². The van der Waals surface area contributed by atoms with Crippen LogP contribution in [0.15, 0.2) is 29.2 Å². The van der Waals surface area contributed by atoms with Crippen LogP contribution in [-0.2, 0) is 4.79 Å². The molecule has 0 radical (unpaired) electrons. The van der Waals surface area contributed by atoms with E-state index in [1.54, 1.807) is 7.11 Å². The van der Waals surface area contributed by atoms with Crippen molar-refractivity contribution < 1.29 is 9.53 Å². The number of thioether (sulfide) groups is 1. The van der Waals surface area contributed by atoms with Gasteiger partial charge in [-0.15, -0.1) is 18.2 Å². The predicted octanol–water partition coefficient (Wildman–Crippen LogP) is 1.93. The van der Waals surface area contributed by atoms with E-state index in [-0.39, 0.29) is 17.7 Å². The number of carbonyl (C=O) groups is 1. The third kappa shape index (κ3) is 4.41. The summed E-state index contributed by atoms with van der Waals surface area (Å²) in [4.78, 5) is 12.6. The Morgan fingerprint density at radius 1 is 1.53 bits per heavy atom. The molecule has 1 N–H and O–H groups in total. The molecule has 0 bridgehead atoms. The zero-order valence-electron chi connectivity index (χ0n) is 9.90. The van der Waals surface area contributed by atoms with Gasteiger partial charge in [0.2, 0.25) is 5.91 Å². The van der Waals surface area contributed by atoms with E-state index < -0.39 is 0 Å². The van der Waals surface area contributed by atoms with Crippen LogP contribution >= 0.6 is 11.8 Å². The molecule has 0 aliphatic heterocycles. The normalized spacial score (nSPS) is 11.4. The number of ether oxygens (including phenoxy) is 1. The number of nitrogens with one attached hydrogen (secondary N) is 1. The molecular formula is C13H15NO2S. The molecule has 0 aromatic heterocycles. The highest BCUT2D eigenvalue weighted by atomic mass is 32.2. The van der Waals surface area contributed by atoms with Crippen LogP contribution in [0, 0.1) is 12.3 Å². The molecule has 1 amide bonds. The van der Waals surface area contributed by atoms with Crippen LogP contribution in [0.1, 0.15) is 6.92 Å². The zero-order valence-corrected chi connectivity index (χ0v) is 10.7. The van der Waals surface area contributed by atoms with Crippen molar-refractivity contribution in [2.75, 3.05) is 13.7 Å². The number of amides is 1. The van der Waals surface area contributed by atoms with E-state index in [0.29, 0.717) is 0 Å². The molecule has 1 aromatic carbocycles. The van der Waals surface area contributed by atoms with Gasteiger partial charge in [-0.1, -0.05) is 5.92 Å². The van der Waals surface area contributed by atoms with Crippen LogP contribution in [0.3, 0.4) is 0 Å². The molecule has 4 heteroatoms. The van der Waals surface area contributed by atoms with E-state index in [4.69, 9.17) is 11.2 Å². The molecule has 0 spiro atoms. The van der Waals surface area contributed by atoms with Gasteiger partial charge in [-0.3, -0.25) is 4.79 Å². The smallest absolute Gasteiger partial charge is 0.233 e. The first-order valence-electron chi connectivity index (χ1n) is 5.19. The van der Waals surface area contributed by atoms with Crippen molar-refractivity contribution in [3.63, 3.8) is 0 Å². The number of benzene rings is 1. The molecule has 90 valence electrons. The summed E-state index contributed by atoms with van der Waals surface area (Å²) in [5.41, 5.74) is 0. The summed E-state index contributed by atoms with van der Waals surface area (Å²) in [5, 5.41) is 2.48. The Labute approximate surface area is 106 Å². The van der Waals surface area contributed by atoms with Gasteiger partial charge in [0.25, 0.3) is 0 Å². The Balaban J connectivity index is 2.52. The average Bonchev–Trinajstić information content (AvgIpc) is 2.36. The minimum absolute atomic E-state index is 0.0521. The molecular weight excluding hydrogens is 234 g/mol. The Bertz CT molecular complexity index is 408. The molecule has 0 aliphatic carbocycles. The fourth-order valence-electron chi connectivity index (χ4n) is 1.19. The lowest BCUT2D eigenvalue weighted by molar-refractivity contribution is -0.120. The van der Waals surface area contributed by atoms with E-state index >= 15 is 0 Å². The summed E-state index contributed by atoms with van der Waals surface area (Å²) in [7, 11) is 1.62. The number of hydrogen-bond acceptors (Lipinski definition) is 3. The van der Waals surface area contributed by atoms with Crippen molar-refractivity contribution in [2.45, 2.75) is 17.1 Å². The van der Waals surface area contributed by atoms with Gasteiger partial charge in [-0.2, -0.15) is 0 Å². The predicted molar refractivity (Wildman–Crippen MR) is 70.2 cm³/mol. The zero-order chi connectivity index (χ0) is 12.7. The molecule has 1 unspecified atom stereocenters. The molecule has 1 atom stereocenters. The first-order valence-corrected chi connectivity index (χ1v) is 6.07. The maximum atomic E-state index is 11.6. The lowest BCUT2D eigenvalue weighted by atomic mass is 10.3. The molecule has 0 aliphatic rings. The molecule has 0 saturated carbocycles. The molecule has 3 nitrogen and oxygen atoms in total. The number of rotatable bonds is 5. The molecule has 17 heavy (non-hydrogen) atoms. The van der Waals surface area contributed by atoms with Gasteiger partial charge >= 0.3 is 0 Å². The van der Waals surface area contributed by atoms with Crippen LogP contribution in [-0.4, -0.2) is 24.8 Å². The highest BCUT2D eigenvalue weighted by Gasteiger charge is 2.13. The summed E-state index contributed by atoms with van der Waals surface area (Å²) >= 11 is 1.49. The quantitative estimate of drug-likeness (QED) is 0.640. The molecule has 0 heterocycles. The minimum atomic E-state index is -0.170. The maximum absolute atomic E-state index is 11.6. The van der Waals surface area contributed by atoms with Crippen molar-refractivity contribution in [1.29, 1.82) is 0 Å². The Kier molecular flexibility index (Phi) is 5.44. The van der Waals surface area contributed by atoms with Crippen LogP contribution in [0.25, 0.3) is 0 Å². The van der Waals surface area contributed by atoms with E-state index in [1.165, 1.54) is 11.8 Å². The van der Waals surface area contributed by atoms with E-state index in [1.807, 2.05) is 31.2 Å². The number of methoxy groups -OCH3 is 1. The van der Waals surface area contributed by atoms with Crippen molar-refractivity contribution in [1.82, 2.24) is 5.32 Å². The highest BCUT2D eigenvalue weighted by molar-refractivity contribution is 8.00. The summed E-state index contributed by atoms with van der Waals surface area (Å²) < 4.78 is 5.06. The summed E-state index contributed by atoms with van der Waals surface area (Å²) in [5.74, 6) is 3.13. The van der Waals surface area contributed by atoms with Crippen LogP contribution in [0.5, 0.6) is 5.75 Å². The second kappa shape index (κ2) is 6.87. The van der Waals surface area contributed by atoms with Gasteiger partial charge in [-0.05, 0) is 31.2 Å². The SMILES string of the molecule is C#CCNC(=O)C(C)Sc1ccc(OC)cc1. The fraction of sp³-hybridized carbons (Fsp3) is 0.308. The maximum Gasteiger partial charge on any atom is 0.233 e. The topological polar surface area (TPSA) is 38.3 Å². The lowest BCUT2D eigenvalue weighted by Gasteiger charge is -2.10. The number of hydrogen-bond donors (Lipinski definition) is 1. The Hall–Kier alpha value is -1.60. The third-order valence-electron chi connectivity index (χ3n) is 2.11. The van der Waals surface area contributed by atoms with Gasteiger partial charge in [0.1, 0.15) is 5.75 Å². The molecule has 0 saturated heterocycles. The van der Waals surface area contributed by atoms with Crippen molar-refractivity contribution in [3.8, 4) is 18.1 Å². The van der Waals surface area contributed by atoms with Gasteiger partial charge in [-0.25, -0.2) is 0 Å². The molecule has 1 aromatic rings. The number of carbonyl (C=O) groups excluding carboxylic acids is 1. The summed E-state index contributed by atoms with van der Waals surface area (Å²) in [6.07, 6.45) is 5.08. The first-order chi connectivity index (χ1) is 8.17. The highest BCUT2D eigenvalue weighted by Crippen LogP contribution is 2.25. The fourth-order valence-corrected chi connectivity index (χ4v) is 2.09. The third-order valence-corrected chi connectivity index (χ3v) is 3.22. The van der Waals surface area contributed by atoms with Crippen LogP contribution in [0.4, 0.5) is 0 Å². The lowest BCUT2D eigenvalue weighted by Crippen LogP contribution is -2.30. The van der Waals surface area contributed by atoms with Gasteiger partial charge in [0.15, 0.2) is 0 Å². The second-order valence-corrected chi connectivity index (χ2v) is 4.77. The van der Waals surface area contributed by atoms with Crippen molar-refractivity contribution in [2.24, 2.45) is 0 Å². The first kappa shape index (κ1) is 13.5. The second-order valence-electron chi connectivity index (χ2n) is 3.36. The van der Waals surface area contributed by atoms with E-state index in [9.17, 15) is 4.79 Å². The van der Waals surface area contributed by atoms with Crippen molar-refractivity contribution in [3.05, 3.63) is 24.3 Å². The largest absolute Gasteiger partial charge is 0.497 e. The average molecular weight is 249 g/mol. The summed E-state index contributed by atoms with van der Waals surface area (Å²) in [6, 6.07) is 7.59. The Morgan fingerprint density at radius 3 is 2.71 bits per heavy atom. The van der Waals surface area contributed by atoms with Crippen LogP contribution < -0.4 is 10.1 Å². The number of terminal acetylenes is 1. The molecule has 1 rings (SSSR count). The minimum Gasteiger partial charge on any atom is -0.497 e. The van der Waals surface area contributed by atoms with E-state index in [2.05, 4.69) is 11.2 Å². The van der Waals surface area contributed by atoms with Gasteiger partial charge in [0, 0.05) is 4.90 Å². The van der Waals surface area contributed by atoms with Crippen molar-refractivity contribution >= 4 is 17.7 Å². The molecule has 0 fully saturated rings. The van der Waals surface area contributed by atoms with Crippen LogP contribution in [0.2, 0.25) is 0 Å². The summed E-state index contributed by atoms with van der Waals surface area (Å²) in [6.45, 7) is 2.12. The van der Waals surface area contributed by atoms with Gasteiger partial charge in [0.05, 0.1) is 18.9 Å². The monoisotopic (exact) mass is 249 g/mol. The van der Waals surface area contributed by atoms with E-state index in [0.717, 1.165) is 10.6 Å². The standard InChI is InChI=1S/C13H15NO2S/c1-4-9-14-13(15)10(2)17-12-7-5-11(16-3)6-8-12/h1,5-8,10H,9H2,2-3H3,(H,14,15).